The number of aryl methyl sites for hydroxylation is 1. The third kappa shape index (κ3) is 2.90. The zero-order valence-corrected chi connectivity index (χ0v) is 15.5. The summed E-state index contributed by atoms with van der Waals surface area (Å²) in [7, 11) is 1.84. The molecule has 138 valence electrons. The summed E-state index contributed by atoms with van der Waals surface area (Å²) >= 11 is 0. The lowest BCUT2D eigenvalue weighted by molar-refractivity contribution is 0.198. The van der Waals surface area contributed by atoms with Crippen molar-refractivity contribution in [2.45, 2.75) is 45.3 Å². The monoisotopic (exact) mass is 357 g/mol. The van der Waals surface area contributed by atoms with Gasteiger partial charge in [0.2, 0.25) is 0 Å². The van der Waals surface area contributed by atoms with E-state index in [2.05, 4.69) is 46.1 Å². The molecule has 3 aromatic heterocycles. The van der Waals surface area contributed by atoms with E-state index in [4.69, 9.17) is 9.97 Å². The van der Waals surface area contributed by atoms with E-state index >= 15 is 0 Å². The highest BCUT2D eigenvalue weighted by Crippen LogP contribution is 2.29. The minimum atomic E-state index is -0.341. The maximum absolute atomic E-state index is 9.92. The summed E-state index contributed by atoms with van der Waals surface area (Å²) in [5, 5.41) is 22.6. The number of anilines is 1. The molecule has 4 rings (SSSR count). The fourth-order valence-corrected chi connectivity index (χ4v) is 3.04. The van der Waals surface area contributed by atoms with E-state index < -0.39 is 0 Å². The summed E-state index contributed by atoms with van der Waals surface area (Å²) < 4.78 is 3.43. The number of nitrogens with zero attached hydrogens (tertiary/aromatic N) is 9. The fourth-order valence-electron chi connectivity index (χ4n) is 3.04. The van der Waals surface area contributed by atoms with Gasteiger partial charge in [-0.1, -0.05) is 26.0 Å². The average Bonchev–Trinajstić information content (AvgIpc) is 3.28. The number of aliphatic hydroxyl groups is 1. The number of aromatic nitrogens is 8. The zero-order chi connectivity index (χ0) is 18.5. The predicted molar refractivity (Wildman–Crippen MR) is 94.8 cm³/mol. The van der Waals surface area contributed by atoms with Crippen LogP contribution in [0, 0.1) is 0 Å². The van der Waals surface area contributed by atoms with Crippen LogP contribution < -0.4 is 4.90 Å². The maximum Gasteiger partial charge on any atom is 0.184 e. The van der Waals surface area contributed by atoms with Gasteiger partial charge in [0.15, 0.2) is 17.0 Å². The van der Waals surface area contributed by atoms with Crippen LogP contribution in [-0.4, -0.2) is 64.0 Å². The number of fused-ring (bicyclic) bond motifs is 1. The molecule has 3 aromatic rings. The Labute approximate surface area is 150 Å². The molecule has 10 nitrogen and oxygen atoms in total. The Morgan fingerprint density at radius 1 is 1.27 bits per heavy atom. The van der Waals surface area contributed by atoms with Gasteiger partial charge in [-0.2, -0.15) is 5.10 Å². The Morgan fingerprint density at radius 3 is 2.69 bits per heavy atom. The standard InChI is InChI=1S/C16H23N9O/c1-16(2,3)15-19-13(24-6-5-10(26)7-24)12-14(20-15)25(22-21-12)8-11-17-9-18-23(11)4/h9-10,26H,5-8H2,1-4H3. The van der Waals surface area contributed by atoms with Crippen LogP contribution >= 0.6 is 0 Å². The van der Waals surface area contributed by atoms with Crippen molar-refractivity contribution in [1.82, 2.24) is 39.7 Å². The van der Waals surface area contributed by atoms with Crippen molar-refractivity contribution >= 4 is 17.0 Å². The van der Waals surface area contributed by atoms with E-state index in [0.717, 1.165) is 30.4 Å². The lowest BCUT2D eigenvalue weighted by Gasteiger charge is -2.21. The summed E-state index contributed by atoms with van der Waals surface area (Å²) in [6, 6.07) is 0. The van der Waals surface area contributed by atoms with Crippen LogP contribution in [0.25, 0.3) is 11.2 Å². The molecular weight excluding hydrogens is 334 g/mol. The molecule has 0 aromatic carbocycles. The molecule has 0 spiro atoms. The highest BCUT2D eigenvalue weighted by molar-refractivity contribution is 5.83. The molecule has 0 saturated carbocycles. The summed E-state index contributed by atoms with van der Waals surface area (Å²) in [6.07, 6.45) is 1.90. The van der Waals surface area contributed by atoms with Gasteiger partial charge in [0, 0.05) is 25.6 Å². The Bertz CT molecular complexity index is 939. The van der Waals surface area contributed by atoms with Crippen molar-refractivity contribution < 1.29 is 5.11 Å². The van der Waals surface area contributed by atoms with Crippen molar-refractivity contribution in [2.24, 2.45) is 7.05 Å². The van der Waals surface area contributed by atoms with E-state index in [9.17, 15) is 5.11 Å². The first-order chi connectivity index (χ1) is 12.3. The van der Waals surface area contributed by atoms with Crippen molar-refractivity contribution in [3.63, 3.8) is 0 Å². The van der Waals surface area contributed by atoms with Gasteiger partial charge in [-0.3, -0.25) is 4.68 Å². The maximum atomic E-state index is 9.92. The van der Waals surface area contributed by atoms with Crippen LogP contribution in [0.4, 0.5) is 5.82 Å². The molecule has 10 heteroatoms. The summed E-state index contributed by atoms with van der Waals surface area (Å²) in [4.78, 5) is 15.8. The lowest BCUT2D eigenvalue weighted by Crippen LogP contribution is -2.25. The molecule has 0 amide bonds. The molecule has 1 atom stereocenters. The Hall–Kier alpha value is -2.62. The molecule has 0 bridgehead atoms. The molecule has 4 heterocycles. The molecule has 26 heavy (non-hydrogen) atoms. The quantitative estimate of drug-likeness (QED) is 0.711. The van der Waals surface area contributed by atoms with Gasteiger partial charge in [-0.15, -0.1) is 5.10 Å². The first-order valence-electron chi connectivity index (χ1n) is 8.70. The normalized spacial score (nSPS) is 18.2. The van der Waals surface area contributed by atoms with Crippen LogP contribution in [-0.2, 0) is 19.0 Å². The highest BCUT2D eigenvalue weighted by Gasteiger charge is 2.28. The summed E-state index contributed by atoms with van der Waals surface area (Å²) in [5.74, 6) is 2.23. The average molecular weight is 357 g/mol. The van der Waals surface area contributed by atoms with Gasteiger partial charge in [0.1, 0.15) is 24.5 Å². The van der Waals surface area contributed by atoms with Gasteiger partial charge in [-0.05, 0) is 6.42 Å². The molecular formula is C16H23N9O. The van der Waals surface area contributed by atoms with E-state index in [-0.39, 0.29) is 11.5 Å². The molecule has 1 saturated heterocycles. The number of hydrogen-bond acceptors (Lipinski definition) is 8. The largest absolute Gasteiger partial charge is 0.391 e. The van der Waals surface area contributed by atoms with Crippen molar-refractivity contribution in [2.75, 3.05) is 18.0 Å². The number of rotatable bonds is 3. The highest BCUT2D eigenvalue weighted by atomic mass is 16.3. The smallest absolute Gasteiger partial charge is 0.184 e. The minimum absolute atomic E-state index is 0.221. The van der Waals surface area contributed by atoms with Crippen LogP contribution in [0.3, 0.4) is 0 Å². The molecule has 0 radical (unpaired) electrons. The molecule has 1 aliphatic heterocycles. The predicted octanol–water partition coefficient (Wildman–Crippen LogP) is 0.267. The third-order valence-electron chi connectivity index (χ3n) is 4.57. The van der Waals surface area contributed by atoms with Crippen molar-refractivity contribution in [1.29, 1.82) is 0 Å². The van der Waals surface area contributed by atoms with E-state index in [0.29, 0.717) is 24.3 Å². The fraction of sp³-hybridized carbons (Fsp3) is 0.625. The Morgan fingerprint density at radius 2 is 2.08 bits per heavy atom. The summed E-state index contributed by atoms with van der Waals surface area (Å²) in [5.41, 5.74) is 1.10. The molecule has 0 aliphatic carbocycles. The van der Waals surface area contributed by atoms with Crippen molar-refractivity contribution in [3.05, 3.63) is 18.0 Å². The number of hydrogen-bond donors (Lipinski definition) is 1. The topological polar surface area (TPSA) is 111 Å². The van der Waals surface area contributed by atoms with Gasteiger partial charge in [-0.25, -0.2) is 19.6 Å². The van der Waals surface area contributed by atoms with Crippen LogP contribution in [0.5, 0.6) is 0 Å². The summed E-state index contributed by atoms with van der Waals surface area (Å²) in [6.45, 7) is 7.95. The lowest BCUT2D eigenvalue weighted by atomic mass is 9.96. The van der Waals surface area contributed by atoms with Gasteiger partial charge >= 0.3 is 0 Å². The molecule has 1 N–H and O–H groups in total. The third-order valence-corrected chi connectivity index (χ3v) is 4.57. The van der Waals surface area contributed by atoms with Crippen molar-refractivity contribution in [3.8, 4) is 0 Å². The van der Waals surface area contributed by atoms with Crippen LogP contribution in [0.1, 0.15) is 38.8 Å². The molecule has 1 aliphatic rings. The van der Waals surface area contributed by atoms with Gasteiger partial charge < -0.3 is 10.0 Å². The van der Waals surface area contributed by atoms with Gasteiger partial charge in [0.25, 0.3) is 0 Å². The minimum Gasteiger partial charge on any atom is -0.391 e. The van der Waals surface area contributed by atoms with Crippen LogP contribution in [0.2, 0.25) is 0 Å². The SMILES string of the molecule is Cn1ncnc1Cn1nnc2c(N3CCC(O)C3)nc(C(C)(C)C)nc21. The first-order valence-corrected chi connectivity index (χ1v) is 8.70. The first kappa shape index (κ1) is 16.8. The van der Waals surface area contributed by atoms with Gasteiger partial charge in [0.05, 0.1) is 6.10 Å². The van der Waals surface area contributed by atoms with E-state index in [1.807, 2.05) is 7.05 Å². The second-order valence-corrected chi connectivity index (χ2v) is 7.73. The second-order valence-electron chi connectivity index (χ2n) is 7.73. The Kier molecular flexibility index (Phi) is 3.87. The van der Waals surface area contributed by atoms with E-state index in [1.54, 1.807) is 9.36 Å². The Balaban J connectivity index is 1.84. The molecule has 1 fully saturated rings. The molecule has 1 unspecified atom stereocenters. The van der Waals surface area contributed by atoms with Crippen LogP contribution in [0.15, 0.2) is 6.33 Å². The second kappa shape index (κ2) is 5.97. The zero-order valence-electron chi connectivity index (χ0n) is 15.5. The number of aliphatic hydroxyl groups excluding tert-OH is 1. The number of β-amino-alcohol motifs (C(OH)–C–C–N with tert-alkyl or cyclic N) is 1. The van der Waals surface area contributed by atoms with E-state index in [1.165, 1.54) is 6.33 Å².